The van der Waals surface area contributed by atoms with E-state index in [4.69, 9.17) is 18.4 Å². The van der Waals surface area contributed by atoms with Gasteiger partial charge < -0.3 is 18.4 Å². The molecule has 1 saturated heterocycles. The van der Waals surface area contributed by atoms with Crippen LogP contribution in [0, 0.1) is 0 Å². The summed E-state index contributed by atoms with van der Waals surface area (Å²) in [7, 11) is -3.56. The zero-order valence-corrected chi connectivity index (χ0v) is 13.2. The Balaban J connectivity index is 1.66. The zero-order valence-electron chi connectivity index (χ0n) is 12.4. The monoisotopic (exact) mass is 329 g/mol. The summed E-state index contributed by atoms with van der Waals surface area (Å²) >= 11 is 0. The number of rotatable bonds is 4. The minimum absolute atomic E-state index is 0.0981. The topological polar surface area (TPSA) is 74.3 Å². The van der Waals surface area contributed by atoms with E-state index in [1.54, 1.807) is 18.2 Å². The van der Waals surface area contributed by atoms with E-state index in [1.165, 1.54) is 0 Å². The number of morpholine rings is 1. The molecule has 2 aliphatic rings. The van der Waals surface area contributed by atoms with Crippen molar-refractivity contribution in [3.63, 3.8) is 0 Å². The lowest BCUT2D eigenvalue weighted by molar-refractivity contribution is 0.00310. The summed E-state index contributed by atoms with van der Waals surface area (Å²) in [6, 6.07) is 4.74. The Morgan fingerprint density at radius 2 is 2.05 bits per heavy atom. The van der Waals surface area contributed by atoms with Crippen LogP contribution in [0.4, 0.5) is 0 Å². The molecule has 0 radical (unpaired) electrons. The van der Waals surface area contributed by atoms with Crippen molar-refractivity contribution in [3.8, 4) is 17.2 Å². The van der Waals surface area contributed by atoms with Gasteiger partial charge in [0.2, 0.25) is 0 Å². The van der Waals surface area contributed by atoms with Crippen molar-refractivity contribution >= 4 is 10.1 Å². The number of benzene rings is 1. The summed E-state index contributed by atoms with van der Waals surface area (Å²) in [4.78, 5) is 2.26. The second-order valence-corrected chi connectivity index (χ2v) is 6.93. The van der Waals surface area contributed by atoms with E-state index >= 15 is 0 Å². The molecule has 1 aromatic rings. The Kier molecular flexibility index (Phi) is 4.42. The Bertz CT molecular complexity index is 626. The normalized spacial score (nSPS) is 22.3. The second-order valence-electron chi connectivity index (χ2n) is 5.36. The highest BCUT2D eigenvalue weighted by Crippen LogP contribution is 2.35. The molecule has 2 heterocycles. The van der Waals surface area contributed by atoms with Gasteiger partial charge in [0.25, 0.3) is 0 Å². The number of ether oxygens (including phenoxy) is 3. The van der Waals surface area contributed by atoms with E-state index in [-0.39, 0.29) is 11.9 Å². The average Bonchev–Trinajstić information content (AvgIpc) is 2.46. The fourth-order valence-corrected chi connectivity index (χ4v) is 2.94. The molecule has 0 aromatic heterocycles. The van der Waals surface area contributed by atoms with Crippen molar-refractivity contribution in [1.29, 1.82) is 0 Å². The second kappa shape index (κ2) is 6.31. The number of nitrogens with zero attached hydrogens (tertiary/aromatic N) is 1. The van der Waals surface area contributed by atoms with Gasteiger partial charge >= 0.3 is 10.1 Å². The van der Waals surface area contributed by atoms with E-state index in [0.717, 1.165) is 39.1 Å². The smallest absolute Gasteiger partial charge is 0.306 e. The number of hydrogen-bond acceptors (Lipinski definition) is 7. The molecule has 0 spiro atoms. The molecular formula is C14H19NO6S. The molecule has 8 heteroatoms. The van der Waals surface area contributed by atoms with E-state index in [2.05, 4.69) is 4.90 Å². The van der Waals surface area contributed by atoms with Crippen LogP contribution in [0.3, 0.4) is 0 Å². The van der Waals surface area contributed by atoms with Gasteiger partial charge in [-0.1, -0.05) is 0 Å². The predicted octanol–water partition coefficient (Wildman–Crippen LogP) is 0.497. The van der Waals surface area contributed by atoms with Crippen LogP contribution >= 0.6 is 0 Å². The number of hydrogen-bond donors (Lipinski definition) is 0. The summed E-state index contributed by atoms with van der Waals surface area (Å²) in [6.45, 7) is 4.44. The maximum Gasteiger partial charge on any atom is 0.306 e. The van der Waals surface area contributed by atoms with Crippen molar-refractivity contribution in [2.45, 2.75) is 6.10 Å². The van der Waals surface area contributed by atoms with E-state index in [1.807, 2.05) is 0 Å². The highest BCUT2D eigenvalue weighted by atomic mass is 32.2. The van der Waals surface area contributed by atoms with Crippen LogP contribution in [0.1, 0.15) is 0 Å². The first-order chi connectivity index (χ1) is 10.5. The van der Waals surface area contributed by atoms with Crippen LogP contribution in [0.25, 0.3) is 0 Å². The molecular weight excluding hydrogens is 310 g/mol. The molecule has 1 fully saturated rings. The van der Waals surface area contributed by atoms with Crippen LogP contribution in [-0.2, 0) is 14.9 Å². The molecule has 3 rings (SSSR count). The summed E-state index contributed by atoms with van der Waals surface area (Å²) < 4.78 is 44.1. The first-order valence-corrected chi connectivity index (χ1v) is 8.94. The lowest BCUT2D eigenvalue weighted by atomic mass is 10.2. The van der Waals surface area contributed by atoms with Crippen molar-refractivity contribution < 1.29 is 26.8 Å². The van der Waals surface area contributed by atoms with Crippen LogP contribution in [-0.4, -0.2) is 65.1 Å². The molecule has 22 heavy (non-hydrogen) atoms. The fraction of sp³-hybridized carbons (Fsp3) is 0.571. The van der Waals surface area contributed by atoms with Gasteiger partial charge in [-0.2, -0.15) is 8.42 Å². The van der Waals surface area contributed by atoms with Gasteiger partial charge in [-0.05, 0) is 12.1 Å². The SMILES string of the molecule is CS(=O)(=O)Oc1ccc2c(c1)OC(CN1CCOCC1)CO2. The molecule has 0 saturated carbocycles. The molecule has 1 aromatic carbocycles. The highest BCUT2D eigenvalue weighted by molar-refractivity contribution is 7.86. The Labute approximate surface area is 129 Å². The quantitative estimate of drug-likeness (QED) is 0.745. The maximum atomic E-state index is 11.2. The summed E-state index contributed by atoms with van der Waals surface area (Å²) in [5.41, 5.74) is 0. The highest BCUT2D eigenvalue weighted by Gasteiger charge is 2.25. The van der Waals surface area contributed by atoms with Gasteiger partial charge in [-0.25, -0.2) is 0 Å². The Morgan fingerprint density at radius 1 is 1.27 bits per heavy atom. The Morgan fingerprint density at radius 3 is 2.77 bits per heavy atom. The van der Waals surface area contributed by atoms with Gasteiger partial charge in [0.05, 0.1) is 19.5 Å². The van der Waals surface area contributed by atoms with Crippen molar-refractivity contribution in [3.05, 3.63) is 18.2 Å². The largest absolute Gasteiger partial charge is 0.486 e. The summed E-state index contributed by atoms with van der Waals surface area (Å²) in [6.07, 6.45) is 0.907. The molecule has 0 aliphatic carbocycles. The van der Waals surface area contributed by atoms with Crippen molar-refractivity contribution in [2.75, 3.05) is 45.7 Å². The summed E-state index contributed by atoms with van der Waals surface area (Å²) in [5.74, 6) is 1.32. The van der Waals surface area contributed by atoms with Crippen LogP contribution < -0.4 is 13.7 Å². The third-order valence-electron chi connectivity index (χ3n) is 3.45. The van der Waals surface area contributed by atoms with Crippen LogP contribution in [0.5, 0.6) is 17.2 Å². The third kappa shape index (κ3) is 4.02. The van der Waals surface area contributed by atoms with Crippen molar-refractivity contribution in [2.24, 2.45) is 0 Å². The minimum atomic E-state index is -3.56. The standard InChI is InChI=1S/C14H19NO6S/c1-22(16,17)21-11-2-3-13-14(8-11)20-12(10-19-13)9-15-4-6-18-7-5-15/h2-3,8,12H,4-7,9-10H2,1H3. The lowest BCUT2D eigenvalue weighted by Crippen LogP contribution is -2.45. The fourth-order valence-electron chi connectivity index (χ4n) is 2.48. The van der Waals surface area contributed by atoms with Crippen molar-refractivity contribution in [1.82, 2.24) is 4.90 Å². The van der Waals surface area contributed by atoms with Gasteiger partial charge in [0.15, 0.2) is 11.5 Å². The molecule has 122 valence electrons. The molecule has 0 N–H and O–H groups in total. The van der Waals surface area contributed by atoms with E-state index in [0.29, 0.717) is 18.1 Å². The minimum Gasteiger partial charge on any atom is -0.486 e. The molecule has 7 nitrogen and oxygen atoms in total. The zero-order chi connectivity index (χ0) is 15.6. The first-order valence-electron chi connectivity index (χ1n) is 7.13. The third-order valence-corrected chi connectivity index (χ3v) is 3.94. The lowest BCUT2D eigenvalue weighted by Gasteiger charge is -2.33. The Hall–Kier alpha value is -1.51. The predicted molar refractivity (Wildman–Crippen MR) is 79.1 cm³/mol. The molecule has 0 amide bonds. The van der Waals surface area contributed by atoms with Gasteiger partial charge in [0, 0.05) is 25.7 Å². The van der Waals surface area contributed by atoms with Crippen LogP contribution in [0.2, 0.25) is 0 Å². The van der Waals surface area contributed by atoms with E-state index < -0.39 is 10.1 Å². The first kappa shape index (κ1) is 15.4. The molecule has 1 atom stereocenters. The van der Waals surface area contributed by atoms with E-state index in [9.17, 15) is 8.42 Å². The van der Waals surface area contributed by atoms with Gasteiger partial charge in [0.1, 0.15) is 18.5 Å². The molecule has 2 aliphatic heterocycles. The molecule has 0 bridgehead atoms. The molecule has 1 unspecified atom stereocenters. The van der Waals surface area contributed by atoms with Gasteiger partial charge in [-0.3, -0.25) is 4.90 Å². The maximum absolute atomic E-state index is 11.2. The summed E-state index contributed by atoms with van der Waals surface area (Å²) in [5, 5.41) is 0. The van der Waals surface area contributed by atoms with Gasteiger partial charge in [-0.15, -0.1) is 0 Å². The average molecular weight is 329 g/mol. The van der Waals surface area contributed by atoms with Crippen LogP contribution in [0.15, 0.2) is 18.2 Å². The number of fused-ring (bicyclic) bond motifs is 1.